The molecule has 3 heterocycles. The van der Waals surface area contributed by atoms with Crippen molar-refractivity contribution in [3.05, 3.63) is 162 Å². The number of benzene rings is 3. The number of aromatic carboxylic acids is 1. The molecule has 238 valence electrons. The van der Waals surface area contributed by atoms with E-state index in [0.717, 1.165) is 12.1 Å². The van der Waals surface area contributed by atoms with Crippen LogP contribution in [-0.4, -0.2) is 37.9 Å². The van der Waals surface area contributed by atoms with Gasteiger partial charge in [-0.1, -0.05) is 41.5 Å². The largest absolute Gasteiger partial charge is 3.00 e. The van der Waals surface area contributed by atoms with Gasteiger partial charge < -0.3 is 14.9 Å². The van der Waals surface area contributed by atoms with Crippen molar-refractivity contribution in [1.82, 2.24) is 19.8 Å². The van der Waals surface area contributed by atoms with E-state index in [1.54, 1.807) is 43.1 Å². The third-order valence-corrected chi connectivity index (χ3v) is 7.32. The molecule has 1 N–H and O–H groups in total. The van der Waals surface area contributed by atoms with E-state index in [-0.39, 0.29) is 65.0 Å². The molecule has 3 aromatic carbocycles. The number of pyridine rings is 2. The first kappa shape index (κ1) is 33.4. The Kier molecular flexibility index (Phi) is 9.24. The molecule has 6 nitrogen and oxygen atoms in total. The van der Waals surface area contributed by atoms with Crippen LogP contribution in [0.4, 0.5) is 26.3 Å². The second kappa shape index (κ2) is 13.0. The first-order valence-electron chi connectivity index (χ1n) is 13.4. The van der Waals surface area contributed by atoms with Gasteiger partial charge in [-0.2, -0.15) is 6.67 Å². The summed E-state index contributed by atoms with van der Waals surface area (Å²) in [5.74, 6) is -6.87. The second-order valence-corrected chi connectivity index (χ2v) is 10.2. The van der Waals surface area contributed by atoms with Gasteiger partial charge in [0.15, 0.2) is 0 Å². The molecule has 0 spiro atoms. The van der Waals surface area contributed by atoms with E-state index in [2.05, 4.69) is 22.1 Å². The third-order valence-electron chi connectivity index (χ3n) is 7.32. The van der Waals surface area contributed by atoms with E-state index >= 15 is 8.78 Å². The summed E-state index contributed by atoms with van der Waals surface area (Å²) in [4.78, 5) is 21.4. The number of aromatic nitrogens is 2. The minimum absolute atomic E-state index is 0. The molecule has 13 heteroatoms. The molecular weight excluding hydrogens is 803 g/mol. The zero-order chi connectivity index (χ0) is 32.7. The fourth-order valence-corrected chi connectivity index (χ4v) is 5.51. The first-order chi connectivity index (χ1) is 22.0. The molecule has 0 unspecified atom stereocenters. The van der Waals surface area contributed by atoms with Crippen LogP contribution in [0.1, 0.15) is 27.3 Å². The summed E-state index contributed by atoms with van der Waals surface area (Å²) in [6.45, 7) is 1.55. The molecule has 0 fully saturated rings. The molecule has 2 aliphatic rings. The van der Waals surface area contributed by atoms with E-state index in [1.807, 2.05) is 0 Å². The van der Waals surface area contributed by atoms with Crippen LogP contribution in [0.15, 0.2) is 85.3 Å². The van der Waals surface area contributed by atoms with Crippen molar-refractivity contribution in [1.29, 1.82) is 0 Å². The number of halogens is 6. The maximum absolute atomic E-state index is 15.3. The normalized spacial score (nSPS) is 15.8. The maximum Gasteiger partial charge on any atom is 3.00 e. The first-order valence-corrected chi connectivity index (χ1v) is 13.4. The van der Waals surface area contributed by atoms with Gasteiger partial charge in [0, 0.05) is 35.5 Å². The zero-order valence-corrected chi connectivity index (χ0v) is 26.3. The number of hydrogen-bond acceptors (Lipinski definition) is 5. The van der Waals surface area contributed by atoms with E-state index < -0.39 is 46.4 Å². The van der Waals surface area contributed by atoms with Crippen molar-refractivity contribution in [2.24, 2.45) is 0 Å². The predicted octanol–water partition coefficient (Wildman–Crippen LogP) is 7.07. The van der Waals surface area contributed by atoms with Crippen LogP contribution in [0.5, 0.6) is 0 Å². The summed E-state index contributed by atoms with van der Waals surface area (Å²) in [6.07, 6.45) is 4.63. The van der Waals surface area contributed by atoms with Gasteiger partial charge in [0.1, 0.15) is 17.3 Å². The van der Waals surface area contributed by atoms with Gasteiger partial charge in [0.25, 0.3) is 0 Å². The molecular formula is C34H19F6IrN4O2. The summed E-state index contributed by atoms with van der Waals surface area (Å²) in [5.41, 5.74) is -2.56. The van der Waals surface area contributed by atoms with Crippen molar-refractivity contribution in [2.75, 3.05) is 7.05 Å². The molecule has 47 heavy (non-hydrogen) atoms. The summed E-state index contributed by atoms with van der Waals surface area (Å²) >= 11 is 0. The molecule has 7 rings (SSSR count). The summed E-state index contributed by atoms with van der Waals surface area (Å²) in [7, 11) is 1.69. The van der Waals surface area contributed by atoms with Crippen molar-refractivity contribution in [3.8, 4) is 22.4 Å². The fourth-order valence-electron chi connectivity index (χ4n) is 5.51. The molecule has 1 aliphatic heterocycles. The smallest absolute Gasteiger partial charge is 0.511 e. The van der Waals surface area contributed by atoms with Crippen molar-refractivity contribution in [2.45, 2.75) is 5.54 Å². The number of carbonyl (C=O) groups is 1. The zero-order valence-electron chi connectivity index (χ0n) is 23.9. The summed E-state index contributed by atoms with van der Waals surface area (Å²) in [5, 5.41) is 8.32. The number of rotatable bonds is 4. The van der Waals surface area contributed by atoms with Gasteiger partial charge in [-0.3, -0.25) is 13.8 Å². The molecule has 1 atom stereocenters. The van der Waals surface area contributed by atoms with Gasteiger partial charge in [-0.25, -0.2) is 27.3 Å². The van der Waals surface area contributed by atoms with Crippen LogP contribution in [-0.2, 0) is 25.6 Å². The molecule has 0 saturated carbocycles. The molecule has 0 saturated heterocycles. The Labute approximate surface area is 278 Å². The summed E-state index contributed by atoms with van der Waals surface area (Å²) < 4.78 is 88.1. The van der Waals surface area contributed by atoms with Gasteiger partial charge >= 0.3 is 26.1 Å². The van der Waals surface area contributed by atoms with E-state index in [1.165, 1.54) is 35.4 Å². The number of fused-ring (bicyclic) bond motifs is 3. The summed E-state index contributed by atoms with van der Waals surface area (Å²) in [6, 6.07) is 18.0. The number of nitrogens with zero attached hydrogens (tertiary/aromatic N) is 4. The number of carboxylic acid groups (broad SMARTS) is 1. The average Bonchev–Trinajstić information content (AvgIpc) is 3.57. The van der Waals surface area contributed by atoms with Crippen molar-refractivity contribution in [3.63, 3.8) is 0 Å². The van der Waals surface area contributed by atoms with Crippen LogP contribution < -0.4 is 0 Å². The Hall–Kier alpha value is -5.00. The fraction of sp³-hybridized carbons (Fsp3) is 0.0588. The predicted molar refractivity (Wildman–Crippen MR) is 153 cm³/mol. The van der Waals surface area contributed by atoms with Crippen molar-refractivity contribution >= 4 is 5.97 Å². The SMILES string of the molecule is CN1C=CN([C@@]2(c3cccc(-c4[c-]cc(F)cc4F)n3)c3[c-]c(F)cc(F)c3-c3c(F)cc(F)cc32)[CH-]1.O=C(O)c1ccccn1.[Ir+3]. The quantitative estimate of drug-likeness (QED) is 0.155. The molecule has 0 bridgehead atoms. The third kappa shape index (κ3) is 5.88. The van der Waals surface area contributed by atoms with Crippen LogP contribution in [0.25, 0.3) is 22.4 Å². The average molecular weight is 822 g/mol. The number of carboxylic acids is 1. The van der Waals surface area contributed by atoms with Crippen LogP contribution in [0, 0.1) is 53.7 Å². The molecule has 0 amide bonds. The topological polar surface area (TPSA) is 69.6 Å². The second-order valence-electron chi connectivity index (χ2n) is 10.2. The molecule has 2 aromatic heterocycles. The minimum atomic E-state index is -1.80. The van der Waals surface area contributed by atoms with Crippen molar-refractivity contribution < 1.29 is 56.3 Å². The molecule has 0 radical (unpaired) electrons. The van der Waals surface area contributed by atoms with Gasteiger partial charge in [-0.15, -0.1) is 23.8 Å². The van der Waals surface area contributed by atoms with Gasteiger partial charge in [-0.05, 0) is 60.5 Å². The molecule has 1 aliphatic carbocycles. The monoisotopic (exact) mass is 822 g/mol. The Morgan fingerprint density at radius 1 is 0.894 bits per heavy atom. The molecule has 5 aromatic rings. The Morgan fingerprint density at radius 3 is 2.28 bits per heavy atom. The van der Waals surface area contributed by atoms with Crippen LogP contribution in [0.3, 0.4) is 0 Å². The van der Waals surface area contributed by atoms with Gasteiger partial charge in [0.05, 0.1) is 11.2 Å². The van der Waals surface area contributed by atoms with E-state index in [0.29, 0.717) is 18.2 Å². The standard InChI is InChI=1S/C28H14F6N3.C6H5NO2.Ir/c1-36-7-8-37(14-36)28(25-4-2-3-24(35-25)18-6-5-15(29)11-21(18)32)19-9-16(30)12-22(33)26(19)27-20(28)10-17(31)13-23(27)34;8-6(9)5-3-1-2-4-7-5;/h2-5,7-9,11-14H,1H3;1-4H,(H,8,9);/q-3;;+3/t28-;;/m1../s1. The van der Waals surface area contributed by atoms with Crippen LogP contribution >= 0.6 is 0 Å². The number of hydrogen-bond donors (Lipinski definition) is 1. The Balaban J connectivity index is 0.000000377. The van der Waals surface area contributed by atoms with Gasteiger partial charge in [0.2, 0.25) is 0 Å². The van der Waals surface area contributed by atoms with Crippen LogP contribution in [0.2, 0.25) is 0 Å². The minimum Gasteiger partial charge on any atom is -0.511 e. The van der Waals surface area contributed by atoms with E-state index in [9.17, 15) is 22.4 Å². The van der Waals surface area contributed by atoms with E-state index in [4.69, 9.17) is 5.11 Å². The maximum atomic E-state index is 15.3. The Bertz CT molecular complexity index is 1970. The Morgan fingerprint density at radius 2 is 1.64 bits per heavy atom.